The Morgan fingerprint density at radius 1 is 1.47 bits per heavy atom. The molecule has 0 aliphatic heterocycles. The summed E-state index contributed by atoms with van der Waals surface area (Å²) in [6.45, 7) is 0. The van der Waals surface area contributed by atoms with Gasteiger partial charge >= 0.3 is 0 Å². The smallest absolute Gasteiger partial charge is 0.178 e. The average Bonchev–Trinajstić information content (AvgIpc) is 2.71. The summed E-state index contributed by atoms with van der Waals surface area (Å²) in [6.07, 6.45) is 0. The third-order valence-electron chi connectivity index (χ3n) is 1.61. The highest BCUT2D eigenvalue weighted by atomic mass is 35.5. The Hall–Kier alpha value is -1.09. The van der Waals surface area contributed by atoms with Crippen LogP contribution in [0.2, 0.25) is 5.02 Å². The molecule has 0 unspecified atom stereocenters. The number of nitrogens with zero attached hydrogens (tertiary/aromatic N) is 3. The second-order valence-electron chi connectivity index (χ2n) is 2.56. The predicted octanol–water partition coefficient (Wildman–Crippen LogP) is 3.21. The van der Waals surface area contributed by atoms with Crippen molar-refractivity contribution in [3.05, 3.63) is 34.3 Å². The molecule has 15 heavy (non-hydrogen) atoms. The highest BCUT2D eigenvalue weighted by molar-refractivity contribution is 8.01. The first-order valence-corrected chi connectivity index (χ1v) is 6.00. The monoisotopic (exact) mass is 253 g/mol. The zero-order chi connectivity index (χ0) is 10.7. The molecule has 0 amide bonds. The van der Waals surface area contributed by atoms with Crippen LogP contribution in [0.4, 0.5) is 0 Å². The largest absolute Gasteiger partial charge is 0.192 e. The van der Waals surface area contributed by atoms with Crippen LogP contribution in [0.25, 0.3) is 0 Å². The maximum absolute atomic E-state index is 8.70. The maximum atomic E-state index is 8.70. The fourth-order valence-corrected chi connectivity index (χ4v) is 2.74. The van der Waals surface area contributed by atoms with Gasteiger partial charge in [-0.25, -0.2) is 0 Å². The van der Waals surface area contributed by atoms with Crippen molar-refractivity contribution >= 4 is 34.7 Å². The van der Waals surface area contributed by atoms with Gasteiger partial charge < -0.3 is 0 Å². The van der Waals surface area contributed by atoms with E-state index >= 15 is 0 Å². The normalized spacial score (nSPS) is 9.87. The van der Waals surface area contributed by atoms with E-state index in [2.05, 4.69) is 10.2 Å². The van der Waals surface area contributed by atoms with Crippen LogP contribution in [0.1, 0.15) is 5.56 Å². The number of rotatable bonds is 2. The van der Waals surface area contributed by atoms with E-state index in [1.165, 1.54) is 23.1 Å². The van der Waals surface area contributed by atoms with Crippen molar-refractivity contribution in [1.82, 2.24) is 10.2 Å². The van der Waals surface area contributed by atoms with Gasteiger partial charge in [0.05, 0.1) is 10.6 Å². The molecule has 0 spiro atoms. The molecule has 0 bridgehead atoms. The molecule has 2 rings (SSSR count). The average molecular weight is 254 g/mol. The molecule has 6 heteroatoms. The molecular formula is C9H4ClN3S2. The number of hydrogen-bond donors (Lipinski definition) is 0. The molecule has 0 aliphatic carbocycles. The zero-order valence-electron chi connectivity index (χ0n) is 7.35. The molecule has 1 aromatic carbocycles. The minimum Gasteiger partial charge on any atom is -0.192 e. The molecule has 74 valence electrons. The summed E-state index contributed by atoms with van der Waals surface area (Å²) in [7, 11) is 0. The molecule has 0 fully saturated rings. The zero-order valence-corrected chi connectivity index (χ0v) is 9.73. The summed E-state index contributed by atoms with van der Waals surface area (Å²) >= 11 is 8.85. The predicted molar refractivity (Wildman–Crippen MR) is 60.2 cm³/mol. The number of halogens is 1. The number of aromatic nitrogens is 2. The third-order valence-corrected chi connectivity index (χ3v) is 3.69. The van der Waals surface area contributed by atoms with Crippen molar-refractivity contribution in [2.24, 2.45) is 0 Å². The van der Waals surface area contributed by atoms with E-state index in [0.717, 1.165) is 9.24 Å². The SMILES string of the molecule is N#Cc1ccc(Sc2nncs2)cc1Cl. The van der Waals surface area contributed by atoms with Gasteiger partial charge in [0.2, 0.25) is 0 Å². The van der Waals surface area contributed by atoms with E-state index in [4.69, 9.17) is 16.9 Å². The summed E-state index contributed by atoms with van der Waals surface area (Å²) in [5.41, 5.74) is 2.16. The number of benzene rings is 1. The summed E-state index contributed by atoms with van der Waals surface area (Å²) in [5, 5.41) is 16.8. The van der Waals surface area contributed by atoms with Gasteiger partial charge in [0.25, 0.3) is 0 Å². The lowest BCUT2D eigenvalue weighted by Gasteiger charge is -1.99. The van der Waals surface area contributed by atoms with Crippen LogP contribution in [0, 0.1) is 11.3 Å². The Balaban J connectivity index is 2.24. The molecule has 1 heterocycles. The molecule has 1 aromatic heterocycles. The fourth-order valence-electron chi connectivity index (χ4n) is 0.958. The van der Waals surface area contributed by atoms with Gasteiger partial charge in [0.15, 0.2) is 4.34 Å². The van der Waals surface area contributed by atoms with Crippen LogP contribution in [0.3, 0.4) is 0 Å². The van der Waals surface area contributed by atoms with E-state index in [1.807, 2.05) is 12.1 Å². The van der Waals surface area contributed by atoms with Crippen molar-refractivity contribution in [3.63, 3.8) is 0 Å². The molecular weight excluding hydrogens is 250 g/mol. The molecule has 2 aromatic rings. The lowest BCUT2D eigenvalue weighted by Crippen LogP contribution is -1.78. The van der Waals surface area contributed by atoms with Crippen molar-refractivity contribution in [1.29, 1.82) is 5.26 Å². The van der Waals surface area contributed by atoms with Gasteiger partial charge in [0, 0.05) is 4.90 Å². The molecule has 0 saturated carbocycles. The minimum absolute atomic E-state index is 0.465. The van der Waals surface area contributed by atoms with E-state index in [9.17, 15) is 0 Å². The molecule has 0 saturated heterocycles. The van der Waals surface area contributed by atoms with Crippen LogP contribution >= 0.6 is 34.7 Å². The van der Waals surface area contributed by atoms with Gasteiger partial charge in [-0.3, -0.25) is 0 Å². The van der Waals surface area contributed by atoms with Gasteiger partial charge in [-0.15, -0.1) is 10.2 Å². The minimum atomic E-state index is 0.465. The number of nitriles is 1. The van der Waals surface area contributed by atoms with Gasteiger partial charge in [0.1, 0.15) is 11.6 Å². The molecule has 3 nitrogen and oxygen atoms in total. The topological polar surface area (TPSA) is 49.6 Å². The summed E-state index contributed by atoms with van der Waals surface area (Å²) in [6, 6.07) is 7.31. The first-order chi connectivity index (χ1) is 7.29. The Morgan fingerprint density at radius 3 is 2.93 bits per heavy atom. The molecule has 0 aliphatic rings. The molecule has 0 atom stereocenters. The summed E-state index contributed by atoms with van der Waals surface area (Å²) in [5.74, 6) is 0. The second kappa shape index (κ2) is 4.62. The number of hydrogen-bond acceptors (Lipinski definition) is 5. The Bertz CT molecular complexity index is 505. The van der Waals surface area contributed by atoms with Crippen LogP contribution in [-0.2, 0) is 0 Å². The molecule has 0 radical (unpaired) electrons. The molecule has 0 N–H and O–H groups in total. The quantitative estimate of drug-likeness (QED) is 0.825. The van der Waals surface area contributed by atoms with Crippen molar-refractivity contribution in [2.45, 2.75) is 9.24 Å². The van der Waals surface area contributed by atoms with E-state index in [0.29, 0.717) is 10.6 Å². The first-order valence-electron chi connectivity index (χ1n) is 3.93. The van der Waals surface area contributed by atoms with Crippen LogP contribution < -0.4 is 0 Å². The maximum Gasteiger partial charge on any atom is 0.178 e. The highest BCUT2D eigenvalue weighted by Gasteiger charge is 2.04. The summed E-state index contributed by atoms with van der Waals surface area (Å²) in [4.78, 5) is 0.954. The van der Waals surface area contributed by atoms with E-state index in [-0.39, 0.29) is 0 Å². The van der Waals surface area contributed by atoms with Crippen molar-refractivity contribution in [2.75, 3.05) is 0 Å². The Labute approximate surface area is 99.7 Å². The summed E-state index contributed by atoms with van der Waals surface area (Å²) < 4.78 is 0.857. The third kappa shape index (κ3) is 2.48. The first kappa shape index (κ1) is 10.4. The fraction of sp³-hybridized carbons (Fsp3) is 0. The van der Waals surface area contributed by atoms with Crippen LogP contribution in [-0.4, -0.2) is 10.2 Å². The lowest BCUT2D eigenvalue weighted by molar-refractivity contribution is 1.01. The second-order valence-corrected chi connectivity index (χ2v) is 5.12. The Kier molecular flexibility index (Phi) is 3.21. The van der Waals surface area contributed by atoms with Gasteiger partial charge in [-0.2, -0.15) is 5.26 Å². The van der Waals surface area contributed by atoms with Gasteiger partial charge in [-0.1, -0.05) is 34.7 Å². The van der Waals surface area contributed by atoms with Crippen molar-refractivity contribution in [3.8, 4) is 6.07 Å². The Morgan fingerprint density at radius 2 is 2.33 bits per heavy atom. The van der Waals surface area contributed by atoms with Crippen LogP contribution in [0.15, 0.2) is 32.9 Å². The van der Waals surface area contributed by atoms with Crippen molar-refractivity contribution < 1.29 is 0 Å². The van der Waals surface area contributed by atoms with Gasteiger partial charge in [-0.05, 0) is 18.2 Å². The standard InChI is InChI=1S/C9H4ClN3S2/c10-8-3-7(2-1-6(8)4-11)15-9-13-12-5-14-9/h1-3,5H. The van der Waals surface area contributed by atoms with Crippen LogP contribution in [0.5, 0.6) is 0 Å². The highest BCUT2D eigenvalue weighted by Crippen LogP contribution is 2.31. The van der Waals surface area contributed by atoms with E-state index < -0.39 is 0 Å². The van der Waals surface area contributed by atoms with E-state index in [1.54, 1.807) is 17.6 Å². The lowest BCUT2D eigenvalue weighted by atomic mass is 10.2.